The van der Waals surface area contributed by atoms with Crippen molar-refractivity contribution in [2.24, 2.45) is 0 Å². The molecule has 0 saturated carbocycles. The maximum atomic E-state index is 13.0. The summed E-state index contributed by atoms with van der Waals surface area (Å²) in [5.74, 6) is -1.91. The topological polar surface area (TPSA) is 66.8 Å². The van der Waals surface area contributed by atoms with E-state index in [9.17, 15) is 14.3 Å². The molecule has 0 fully saturated rings. The average Bonchev–Trinajstić information content (AvgIpc) is 2.20. The molecule has 0 saturated heterocycles. The Balaban J connectivity index is 2.68. The Morgan fingerprint density at radius 2 is 2.25 bits per heavy atom. The first-order valence-corrected chi connectivity index (χ1v) is 4.79. The summed E-state index contributed by atoms with van der Waals surface area (Å²) in [6.07, 6.45) is 0. The van der Waals surface area contributed by atoms with Crippen LogP contribution in [0.15, 0.2) is 18.2 Å². The fourth-order valence-electron chi connectivity index (χ4n) is 0.857. The highest BCUT2D eigenvalue weighted by Crippen LogP contribution is 2.18. The molecule has 88 valence electrons. The molecule has 2 N–H and O–H groups in total. The summed E-state index contributed by atoms with van der Waals surface area (Å²) in [5.41, 5.74) is -2.01. The number of rotatable bonds is 4. The van der Waals surface area contributed by atoms with Crippen LogP contribution in [0.3, 0.4) is 0 Å². The normalized spacial score (nSPS) is 14.2. The fourth-order valence-corrected chi connectivity index (χ4v) is 0.984. The number of halogens is 2. The predicted octanol–water partition coefficient (Wildman–Crippen LogP) is 0.736. The van der Waals surface area contributed by atoms with E-state index in [2.05, 4.69) is 11.6 Å². The standard InChI is InChI=1S/C10H10ClFO4/c1-10(15,9(13)14)5-16-6-2-3-7(11)8(12)4-6/h2-4,11,15H,5H2,1H3/p+1/t10-/m0/s1. The third kappa shape index (κ3) is 3.08. The van der Waals surface area contributed by atoms with Gasteiger partial charge in [0.05, 0.1) is 0 Å². The van der Waals surface area contributed by atoms with Crippen molar-refractivity contribution in [1.29, 1.82) is 0 Å². The number of carboxylic acids is 1. The molecule has 0 unspecified atom stereocenters. The minimum atomic E-state index is -2.01. The summed E-state index contributed by atoms with van der Waals surface area (Å²) in [6.45, 7) is 0.617. The van der Waals surface area contributed by atoms with E-state index in [1.165, 1.54) is 12.1 Å². The lowest BCUT2D eigenvalue weighted by Crippen LogP contribution is -2.41. The SMILES string of the molecule is C[C@](O)(COc1ccc([ClH+])c(F)c1)C(=O)O. The number of carbonyl (C=O) groups is 1. The van der Waals surface area contributed by atoms with Gasteiger partial charge >= 0.3 is 5.97 Å². The van der Waals surface area contributed by atoms with Crippen molar-refractivity contribution in [3.63, 3.8) is 0 Å². The summed E-state index contributed by atoms with van der Waals surface area (Å²) in [6, 6.07) is 3.78. The van der Waals surface area contributed by atoms with Gasteiger partial charge in [-0.2, -0.15) is 0 Å². The zero-order valence-electron chi connectivity index (χ0n) is 8.44. The van der Waals surface area contributed by atoms with Crippen LogP contribution in [0.2, 0.25) is 5.02 Å². The van der Waals surface area contributed by atoms with E-state index >= 15 is 0 Å². The van der Waals surface area contributed by atoms with E-state index in [1.807, 2.05) is 0 Å². The Morgan fingerprint density at radius 3 is 2.75 bits per heavy atom. The summed E-state index contributed by atoms with van der Waals surface area (Å²) >= 11 is 4.64. The molecule has 6 heteroatoms. The highest BCUT2D eigenvalue weighted by atomic mass is 35.5. The Hall–Kier alpha value is -1.33. The molecule has 16 heavy (non-hydrogen) atoms. The lowest BCUT2D eigenvalue weighted by molar-refractivity contribution is -0.293. The summed E-state index contributed by atoms with van der Waals surface area (Å²) in [7, 11) is 0. The molecule has 0 aliphatic heterocycles. The van der Waals surface area contributed by atoms with Gasteiger partial charge in [0.15, 0.2) is 23.0 Å². The van der Waals surface area contributed by atoms with E-state index < -0.39 is 24.0 Å². The number of aliphatic carboxylic acids is 1. The maximum absolute atomic E-state index is 13.0. The molecule has 1 aromatic rings. The molecule has 1 aromatic carbocycles. The highest BCUT2D eigenvalue weighted by Gasteiger charge is 2.31. The zero-order valence-corrected chi connectivity index (χ0v) is 9.25. The highest BCUT2D eigenvalue weighted by molar-refractivity contribution is 5.76. The molecule has 0 aromatic heterocycles. The van der Waals surface area contributed by atoms with E-state index in [-0.39, 0.29) is 10.8 Å². The van der Waals surface area contributed by atoms with Gasteiger partial charge in [0, 0.05) is 12.1 Å². The zero-order chi connectivity index (χ0) is 12.3. The van der Waals surface area contributed by atoms with Crippen LogP contribution in [0.4, 0.5) is 4.39 Å². The fraction of sp³-hybridized carbons (Fsp3) is 0.300. The van der Waals surface area contributed by atoms with Gasteiger partial charge in [-0.05, 0) is 13.0 Å². The van der Waals surface area contributed by atoms with Crippen LogP contribution in [0, 0.1) is 17.4 Å². The van der Waals surface area contributed by atoms with Crippen molar-refractivity contribution >= 4 is 5.97 Å². The Bertz CT molecular complexity index is 406. The van der Waals surface area contributed by atoms with Gasteiger partial charge < -0.3 is 14.9 Å². The smallest absolute Gasteiger partial charge is 0.339 e. The van der Waals surface area contributed by atoms with Crippen LogP contribution in [-0.4, -0.2) is 28.4 Å². The minimum absolute atomic E-state index is 0.0531. The number of hydrogen-bond acceptors (Lipinski definition) is 3. The Kier molecular flexibility index (Phi) is 3.72. The molecular weight excluding hydrogens is 239 g/mol. The number of aliphatic hydroxyl groups is 1. The molecule has 1 atom stereocenters. The van der Waals surface area contributed by atoms with Gasteiger partial charge in [0.25, 0.3) is 5.02 Å². The maximum Gasteiger partial charge on any atom is 0.339 e. The molecule has 0 bridgehead atoms. The predicted molar refractivity (Wildman–Crippen MR) is 50.7 cm³/mol. The van der Waals surface area contributed by atoms with Gasteiger partial charge in [0.2, 0.25) is 0 Å². The van der Waals surface area contributed by atoms with Crippen molar-refractivity contribution in [1.82, 2.24) is 0 Å². The van der Waals surface area contributed by atoms with Crippen LogP contribution in [-0.2, 0) is 4.79 Å². The van der Waals surface area contributed by atoms with E-state index in [1.54, 1.807) is 0 Å². The molecular formula is C10H11ClFO4+. The van der Waals surface area contributed by atoms with Gasteiger partial charge in [0.1, 0.15) is 12.4 Å². The number of benzene rings is 1. The van der Waals surface area contributed by atoms with Crippen molar-refractivity contribution in [3.05, 3.63) is 29.0 Å². The first kappa shape index (κ1) is 12.7. The van der Waals surface area contributed by atoms with Gasteiger partial charge in [-0.15, -0.1) is 0 Å². The molecule has 0 spiro atoms. The van der Waals surface area contributed by atoms with Crippen molar-refractivity contribution in [3.8, 4) is 5.75 Å². The second kappa shape index (κ2) is 4.67. The van der Waals surface area contributed by atoms with Crippen molar-refractivity contribution in [2.75, 3.05) is 6.61 Å². The quantitative estimate of drug-likeness (QED) is 0.826. The third-order valence-electron chi connectivity index (χ3n) is 1.88. The van der Waals surface area contributed by atoms with Crippen LogP contribution in [0.1, 0.15) is 6.92 Å². The monoisotopic (exact) mass is 249 g/mol. The van der Waals surface area contributed by atoms with Crippen LogP contribution >= 0.6 is 0 Å². The summed E-state index contributed by atoms with van der Waals surface area (Å²) in [5, 5.41) is 18.0. The lowest BCUT2D eigenvalue weighted by atomic mass is 10.1. The third-order valence-corrected chi connectivity index (χ3v) is 2.22. The summed E-state index contributed by atoms with van der Waals surface area (Å²) < 4.78 is 17.9. The van der Waals surface area contributed by atoms with E-state index in [4.69, 9.17) is 9.84 Å². The van der Waals surface area contributed by atoms with Crippen molar-refractivity contribution < 1.29 is 35.7 Å². The lowest BCUT2D eigenvalue weighted by Gasteiger charge is -2.18. The molecule has 1 rings (SSSR count). The number of hydrogen-bond donors (Lipinski definition) is 2. The molecule has 0 radical (unpaired) electrons. The second-order valence-electron chi connectivity index (χ2n) is 3.46. The first-order chi connectivity index (χ1) is 7.33. The number of ether oxygens (including phenoxy) is 1. The second-order valence-corrected chi connectivity index (χ2v) is 3.90. The van der Waals surface area contributed by atoms with Crippen molar-refractivity contribution in [2.45, 2.75) is 12.5 Å². The first-order valence-electron chi connectivity index (χ1n) is 4.38. The van der Waals surface area contributed by atoms with Crippen LogP contribution in [0.5, 0.6) is 5.75 Å². The molecule has 0 aliphatic rings. The Labute approximate surface area is 96.2 Å². The van der Waals surface area contributed by atoms with Gasteiger partial charge in [-0.3, -0.25) is 0 Å². The molecule has 0 heterocycles. The average molecular weight is 250 g/mol. The molecule has 4 nitrogen and oxygen atoms in total. The molecule has 0 amide bonds. The van der Waals surface area contributed by atoms with Crippen LogP contribution in [0.25, 0.3) is 0 Å². The summed E-state index contributed by atoms with van der Waals surface area (Å²) in [4.78, 5) is 10.5. The molecule has 0 aliphatic carbocycles. The minimum Gasteiger partial charge on any atom is -0.490 e. The number of carboxylic acid groups (broad SMARTS) is 1. The van der Waals surface area contributed by atoms with E-state index in [0.717, 1.165) is 13.0 Å². The Morgan fingerprint density at radius 1 is 1.62 bits per heavy atom. The largest absolute Gasteiger partial charge is 0.490 e. The van der Waals surface area contributed by atoms with Gasteiger partial charge in [-0.1, -0.05) is 0 Å². The van der Waals surface area contributed by atoms with E-state index in [0.29, 0.717) is 0 Å². The van der Waals surface area contributed by atoms with Gasteiger partial charge in [-0.25, -0.2) is 9.18 Å². The van der Waals surface area contributed by atoms with Crippen LogP contribution < -0.4 is 4.74 Å².